The minimum absolute atomic E-state index is 0.0166. The Morgan fingerprint density at radius 3 is 2.50 bits per heavy atom. The van der Waals surface area contributed by atoms with Crippen molar-refractivity contribution < 1.29 is 31.9 Å². The molecule has 32 heavy (non-hydrogen) atoms. The van der Waals surface area contributed by atoms with Crippen molar-refractivity contribution in [3.05, 3.63) is 47.0 Å². The van der Waals surface area contributed by atoms with Crippen molar-refractivity contribution in [3.8, 4) is 23.0 Å². The van der Waals surface area contributed by atoms with Gasteiger partial charge in [0.2, 0.25) is 11.8 Å². The molecule has 3 rings (SSSR count). The van der Waals surface area contributed by atoms with Gasteiger partial charge in [-0.1, -0.05) is 23.4 Å². The largest absolute Gasteiger partial charge is 0.493 e. The lowest BCUT2D eigenvalue weighted by Crippen LogP contribution is -2.23. The van der Waals surface area contributed by atoms with Gasteiger partial charge in [0.25, 0.3) is 5.22 Å². The van der Waals surface area contributed by atoms with Crippen LogP contribution in [0.1, 0.15) is 12.5 Å². The van der Waals surface area contributed by atoms with Gasteiger partial charge in [0, 0.05) is 5.56 Å². The second kappa shape index (κ2) is 9.70. The first-order valence-electron chi connectivity index (χ1n) is 9.02. The van der Waals surface area contributed by atoms with Crippen molar-refractivity contribution >= 4 is 35.0 Å². The van der Waals surface area contributed by atoms with Crippen molar-refractivity contribution in [3.63, 3.8) is 0 Å². The van der Waals surface area contributed by atoms with E-state index < -0.39 is 22.9 Å². The van der Waals surface area contributed by atoms with Crippen LogP contribution in [0.3, 0.4) is 0 Å². The summed E-state index contributed by atoms with van der Waals surface area (Å²) in [7, 11) is 3.01. The highest BCUT2D eigenvalue weighted by atomic mass is 35.5. The van der Waals surface area contributed by atoms with E-state index in [1.807, 2.05) is 0 Å². The fourth-order valence-corrected chi connectivity index (χ4v) is 3.43. The summed E-state index contributed by atoms with van der Waals surface area (Å²) in [5, 5.41) is 9.58. The highest BCUT2D eigenvalue weighted by molar-refractivity contribution is 8.00. The zero-order valence-electron chi connectivity index (χ0n) is 17.0. The quantitative estimate of drug-likeness (QED) is 0.437. The SMILES string of the molecule is COc1ccc(-c2nnc(SC(C)C(=O)Nc3cc(C(F)(F)F)ccc3Cl)o2)cc1OC. The highest BCUT2D eigenvalue weighted by Crippen LogP contribution is 2.35. The van der Waals surface area contributed by atoms with E-state index in [-0.39, 0.29) is 21.8 Å². The molecule has 1 unspecified atom stereocenters. The molecule has 1 N–H and O–H groups in total. The number of amides is 1. The van der Waals surface area contributed by atoms with Gasteiger partial charge >= 0.3 is 6.18 Å². The number of aromatic nitrogens is 2. The molecular weight excluding hydrogens is 471 g/mol. The number of thioether (sulfide) groups is 1. The zero-order chi connectivity index (χ0) is 23.5. The third-order valence-electron chi connectivity index (χ3n) is 4.24. The molecule has 1 heterocycles. The number of rotatable bonds is 7. The van der Waals surface area contributed by atoms with E-state index in [0.717, 1.165) is 30.0 Å². The predicted molar refractivity (Wildman–Crippen MR) is 113 cm³/mol. The average Bonchev–Trinajstić information content (AvgIpc) is 3.22. The van der Waals surface area contributed by atoms with E-state index in [4.69, 9.17) is 25.5 Å². The van der Waals surface area contributed by atoms with Gasteiger partial charge in [-0.05, 0) is 43.3 Å². The van der Waals surface area contributed by atoms with Crippen molar-refractivity contribution in [1.29, 1.82) is 0 Å². The minimum Gasteiger partial charge on any atom is -0.493 e. The third kappa shape index (κ3) is 5.46. The first kappa shape index (κ1) is 23.7. The first-order chi connectivity index (χ1) is 15.1. The molecule has 0 saturated carbocycles. The number of carbonyl (C=O) groups is 1. The second-order valence-electron chi connectivity index (χ2n) is 6.38. The minimum atomic E-state index is -4.56. The van der Waals surface area contributed by atoms with E-state index in [2.05, 4.69) is 15.5 Å². The lowest BCUT2D eigenvalue weighted by Gasteiger charge is -2.13. The highest BCUT2D eigenvalue weighted by Gasteiger charge is 2.31. The molecule has 0 aliphatic heterocycles. The third-order valence-corrected chi connectivity index (χ3v) is 5.50. The number of carbonyl (C=O) groups excluding carboxylic acids is 1. The summed E-state index contributed by atoms with van der Waals surface area (Å²) in [5.41, 5.74) is -0.487. The lowest BCUT2D eigenvalue weighted by molar-refractivity contribution is -0.137. The van der Waals surface area contributed by atoms with Crippen molar-refractivity contribution in [2.24, 2.45) is 0 Å². The molecule has 0 saturated heterocycles. The van der Waals surface area contributed by atoms with Crippen LogP contribution in [0.4, 0.5) is 18.9 Å². The van der Waals surface area contributed by atoms with Gasteiger partial charge in [0.15, 0.2) is 11.5 Å². The number of alkyl halides is 3. The smallest absolute Gasteiger partial charge is 0.416 e. The lowest BCUT2D eigenvalue weighted by atomic mass is 10.2. The number of nitrogens with one attached hydrogen (secondary N) is 1. The van der Waals surface area contributed by atoms with Crippen LogP contribution in [-0.4, -0.2) is 35.6 Å². The van der Waals surface area contributed by atoms with E-state index in [1.54, 1.807) is 25.1 Å². The molecule has 0 fully saturated rings. The fraction of sp³-hybridized carbons (Fsp3) is 0.250. The molecule has 7 nitrogen and oxygen atoms in total. The zero-order valence-corrected chi connectivity index (χ0v) is 18.6. The molecule has 0 bridgehead atoms. The Bertz CT molecular complexity index is 1120. The van der Waals surface area contributed by atoms with Crippen molar-refractivity contribution in [2.75, 3.05) is 19.5 Å². The van der Waals surface area contributed by atoms with Gasteiger partial charge in [-0.25, -0.2) is 0 Å². The van der Waals surface area contributed by atoms with E-state index in [0.29, 0.717) is 17.1 Å². The maximum Gasteiger partial charge on any atom is 0.416 e. The van der Waals surface area contributed by atoms with Crippen LogP contribution in [0.25, 0.3) is 11.5 Å². The molecule has 1 aromatic heterocycles. The van der Waals surface area contributed by atoms with Crippen LogP contribution in [0.5, 0.6) is 11.5 Å². The number of methoxy groups -OCH3 is 2. The van der Waals surface area contributed by atoms with Gasteiger partial charge in [-0.15, -0.1) is 10.2 Å². The molecule has 12 heteroatoms. The second-order valence-corrected chi connectivity index (χ2v) is 8.08. The molecule has 1 atom stereocenters. The Hall–Kier alpha value is -2.92. The van der Waals surface area contributed by atoms with E-state index >= 15 is 0 Å². The Morgan fingerprint density at radius 2 is 1.84 bits per heavy atom. The molecule has 0 aliphatic rings. The average molecular weight is 488 g/mol. The number of nitrogens with zero attached hydrogens (tertiary/aromatic N) is 2. The summed E-state index contributed by atoms with van der Waals surface area (Å²) in [6, 6.07) is 7.73. The maximum atomic E-state index is 12.9. The summed E-state index contributed by atoms with van der Waals surface area (Å²) in [6.45, 7) is 1.54. The van der Waals surface area contributed by atoms with Gasteiger partial charge in [0.1, 0.15) is 0 Å². The Morgan fingerprint density at radius 1 is 1.12 bits per heavy atom. The Labute approximate surface area is 190 Å². The number of halogens is 4. The molecular formula is C20H17ClF3N3O4S. The van der Waals surface area contributed by atoms with Crippen LogP contribution < -0.4 is 14.8 Å². The molecule has 0 radical (unpaired) electrons. The molecule has 3 aromatic rings. The van der Waals surface area contributed by atoms with Crippen LogP contribution in [0.15, 0.2) is 46.0 Å². The van der Waals surface area contributed by atoms with E-state index in [9.17, 15) is 18.0 Å². The van der Waals surface area contributed by atoms with Gasteiger partial charge < -0.3 is 19.2 Å². The van der Waals surface area contributed by atoms with Crippen molar-refractivity contribution in [2.45, 2.75) is 23.6 Å². The van der Waals surface area contributed by atoms with Crippen LogP contribution in [0, 0.1) is 0 Å². The maximum absolute atomic E-state index is 12.9. The number of ether oxygens (including phenoxy) is 2. The van der Waals surface area contributed by atoms with Crippen LogP contribution in [-0.2, 0) is 11.0 Å². The Kier molecular flexibility index (Phi) is 7.19. The number of anilines is 1. The van der Waals surface area contributed by atoms with Gasteiger partial charge in [-0.2, -0.15) is 13.2 Å². The van der Waals surface area contributed by atoms with Crippen LogP contribution >= 0.6 is 23.4 Å². The number of hydrogen-bond acceptors (Lipinski definition) is 7. The van der Waals surface area contributed by atoms with E-state index in [1.165, 1.54) is 14.2 Å². The predicted octanol–water partition coefficient (Wildman–Crippen LogP) is 5.55. The number of benzene rings is 2. The monoisotopic (exact) mass is 487 g/mol. The molecule has 170 valence electrons. The normalized spacial score (nSPS) is 12.3. The molecule has 0 aliphatic carbocycles. The molecule has 2 aromatic carbocycles. The summed E-state index contributed by atoms with van der Waals surface area (Å²) in [6.07, 6.45) is -4.56. The molecule has 1 amide bonds. The molecule has 0 spiro atoms. The topological polar surface area (TPSA) is 86.5 Å². The standard InChI is InChI=1S/C20H17ClF3N3O4S/c1-10(17(28)25-14-9-12(20(22,23)24)5-6-13(14)21)32-19-27-26-18(31-19)11-4-7-15(29-2)16(8-11)30-3/h4-10H,1-3H3,(H,25,28). The van der Waals surface area contributed by atoms with Gasteiger partial charge in [0.05, 0.1) is 35.7 Å². The summed E-state index contributed by atoms with van der Waals surface area (Å²) in [5.74, 6) is 0.621. The Balaban J connectivity index is 1.70. The van der Waals surface area contributed by atoms with Crippen LogP contribution in [0.2, 0.25) is 5.02 Å². The number of hydrogen-bond donors (Lipinski definition) is 1. The fourth-order valence-electron chi connectivity index (χ4n) is 2.58. The van der Waals surface area contributed by atoms with Crippen molar-refractivity contribution in [1.82, 2.24) is 10.2 Å². The summed E-state index contributed by atoms with van der Waals surface area (Å²) < 4.78 is 54.8. The first-order valence-corrected chi connectivity index (χ1v) is 10.3. The summed E-state index contributed by atoms with van der Waals surface area (Å²) in [4.78, 5) is 12.5. The summed E-state index contributed by atoms with van der Waals surface area (Å²) >= 11 is 6.87. The van der Waals surface area contributed by atoms with Gasteiger partial charge in [-0.3, -0.25) is 4.79 Å².